The maximum absolute atomic E-state index is 12.3. The van der Waals surface area contributed by atoms with Crippen molar-refractivity contribution >= 4 is 11.9 Å². The molecule has 0 saturated heterocycles. The van der Waals surface area contributed by atoms with Crippen LogP contribution in [0.5, 0.6) is 0 Å². The summed E-state index contributed by atoms with van der Waals surface area (Å²) in [6.07, 6.45) is 5.46. The van der Waals surface area contributed by atoms with E-state index in [1.54, 1.807) is 0 Å². The van der Waals surface area contributed by atoms with Crippen LogP contribution in [0.4, 0.5) is 0 Å². The summed E-state index contributed by atoms with van der Waals surface area (Å²) < 4.78 is 0. The van der Waals surface area contributed by atoms with Gasteiger partial charge in [-0.1, -0.05) is 85.4 Å². The standard InChI is InChI=1S/C26H42O4/c1-17(2)10-7-14-22(25(27)28)21-13-9-12-20(16-19(5)6)24(21)23(26(29)30)15-8-11-18(3)4/h9,12-13,17-19,22-23H,7-8,10-11,14-16H2,1-6H3,(H,27,28)(H,29,30). The Balaban J connectivity index is 3.41. The van der Waals surface area contributed by atoms with Crippen molar-refractivity contribution in [2.45, 2.75) is 98.3 Å². The number of hydrogen-bond donors (Lipinski definition) is 2. The minimum atomic E-state index is -0.854. The van der Waals surface area contributed by atoms with Crippen molar-refractivity contribution in [2.24, 2.45) is 17.8 Å². The van der Waals surface area contributed by atoms with Crippen LogP contribution in [0.15, 0.2) is 18.2 Å². The molecule has 0 fully saturated rings. The molecule has 0 bridgehead atoms. The van der Waals surface area contributed by atoms with Crippen LogP contribution < -0.4 is 0 Å². The highest BCUT2D eigenvalue weighted by atomic mass is 16.4. The molecule has 1 rings (SSSR count). The predicted molar refractivity (Wildman–Crippen MR) is 123 cm³/mol. The van der Waals surface area contributed by atoms with E-state index < -0.39 is 23.8 Å². The Bertz CT molecular complexity index is 676. The molecule has 2 N–H and O–H groups in total. The number of carboxylic acids is 2. The normalized spacial score (nSPS) is 13.8. The lowest BCUT2D eigenvalue weighted by molar-refractivity contribution is -0.140. The zero-order valence-corrected chi connectivity index (χ0v) is 19.8. The molecule has 0 aromatic heterocycles. The SMILES string of the molecule is CC(C)CCCC(C(=O)O)c1cccc(CC(C)C)c1C(CCCC(C)C)C(=O)O. The Kier molecular flexibility index (Phi) is 11.1. The number of carboxylic acid groups (broad SMARTS) is 2. The zero-order chi connectivity index (χ0) is 22.8. The molecule has 170 valence electrons. The maximum atomic E-state index is 12.3. The highest BCUT2D eigenvalue weighted by Gasteiger charge is 2.31. The second kappa shape index (κ2) is 12.8. The first kappa shape index (κ1) is 26.2. The minimum Gasteiger partial charge on any atom is -0.481 e. The first-order chi connectivity index (χ1) is 14.0. The molecule has 1 aromatic carbocycles. The van der Waals surface area contributed by atoms with Crippen LogP contribution in [0.25, 0.3) is 0 Å². The average molecular weight is 419 g/mol. The van der Waals surface area contributed by atoms with Crippen LogP contribution in [0.3, 0.4) is 0 Å². The highest BCUT2D eigenvalue weighted by molar-refractivity contribution is 5.81. The Morgan fingerprint density at radius 3 is 1.67 bits per heavy atom. The molecule has 0 aliphatic carbocycles. The molecule has 0 spiro atoms. The lowest BCUT2D eigenvalue weighted by Gasteiger charge is -2.25. The van der Waals surface area contributed by atoms with E-state index in [-0.39, 0.29) is 0 Å². The summed E-state index contributed by atoms with van der Waals surface area (Å²) in [4.78, 5) is 24.5. The van der Waals surface area contributed by atoms with Gasteiger partial charge in [-0.3, -0.25) is 9.59 Å². The lowest BCUT2D eigenvalue weighted by atomic mass is 9.78. The summed E-state index contributed by atoms with van der Waals surface area (Å²) in [5, 5.41) is 20.1. The third-order valence-corrected chi connectivity index (χ3v) is 5.73. The molecular weight excluding hydrogens is 376 g/mol. The van der Waals surface area contributed by atoms with E-state index in [1.165, 1.54) is 0 Å². The summed E-state index contributed by atoms with van der Waals surface area (Å²) >= 11 is 0. The number of carbonyl (C=O) groups is 2. The first-order valence-corrected chi connectivity index (χ1v) is 11.6. The van der Waals surface area contributed by atoms with Crippen molar-refractivity contribution in [3.63, 3.8) is 0 Å². The molecule has 30 heavy (non-hydrogen) atoms. The van der Waals surface area contributed by atoms with Gasteiger partial charge < -0.3 is 10.2 Å². The van der Waals surface area contributed by atoms with Gasteiger partial charge in [0.25, 0.3) is 0 Å². The molecule has 0 radical (unpaired) electrons. The molecule has 0 amide bonds. The van der Waals surface area contributed by atoms with Crippen molar-refractivity contribution < 1.29 is 19.8 Å². The Hall–Kier alpha value is -1.84. The fourth-order valence-electron chi connectivity index (χ4n) is 4.24. The lowest BCUT2D eigenvalue weighted by Crippen LogP contribution is -2.21. The number of benzene rings is 1. The van der Waals surface area contributed by atoms with Crippen molar-refractivity contribution in [1.29, 1.82) is 0 Å². The Morgan fingerprint density at radius 1 is 0.733 bits per heavy atom. The van der Waals surface area contributed by atoms with E-state index in [0.29, 0.717) is 36.2 Å². The van der Waals surface area contributed by atoms with Crippen LogP contribution in [0.2, 0.25) is 0 Å². The van der Waals surface area contributed by atoms with Gasteiger partial charge >= 0.3 is 11.9 Å². The molecule has 2 unspecified atom stereocenters. The second-order valence-electron chi connectivity index (χ2n) is 9.95. The van der Waals surface area contributed by atoms with Crippen LogP contribution in [-0.4, -0.2) is 22.2 Å². The topological polar surface area (TPSA) is 74.6 Å². The van der Waals surface area contributed by atoms with Crippen LogP contribution in [0.1, 0.15) is 109 Å². The molecular formula is C26H42O4. The van der Waals surface area contributed by atoms with Gasteiger partial charge in [-0.2, -0.15) is 0 Å². The average Bonchev–Trinajstić information content (AvgIpc) is 2.61. The van der Waals surface area contributed by atoms with E-state index >= 15 is 0 Å². The number of aliphatic carboxylic acids is 2. The fourth-order valence-corrected chi connectivity index (χ4v) is 4.24. The molecule has 4 heteroatoms. The minimum absolute atomic E-state index is 0.369. The van der Waals surface area contributed by atoms with Crippen LogP contribution in [0, 0.1) is 17.8 Å². The first-order valence-electron chi connectivity index (χ1n) is 11.6. The molecule has 4 nitrogen and oxygen atoms in total. The number of rotatable bonds is 14. The predicted octanol–water partition coefficient (Wildman–Crippen LogP) is 6.87. The van der Waals surface area contributed by atoms with E-state index in [2.05, 4.69) is 41.5 Å². The Morgan fingerprint density at radius 2 is 1.23 bits per heavy atom. The summed E-state index contributed by atoms with van der Waals surface area (Å²) in [6, 6.07) is 5.75. The fraction of sp³-hybridized carbons (Fsp3) is 0.692. The van der Waals surface area contributed by atoms with E-state index in [9.17, 15) is 19.8 Å². The van der Waals surface area contributed by atoms with Crippen molar-refractivity contribution in [1.82, 2.24) is 0 Å². The number of hydrogen-bond acceptors (Lipinski definition) is 2. The molecule has 1 aromatic rings. The quantitative estimate of drug-likeness (QED) is 0.345. The molecule has 0 aliphatic heterocycles. The van der Waals surface area contributed by atoms with Gasteiger partial charge in [0.05, 0.1) is 11.8 Å². The molecule has 0 aliphatic rings. The largest absolute Gasteiger partial charge is 0.481 e. The van der Waals surface area contributed by atoms with Crippen molar-refractivity contribution in [3.8, 4) is 0 Å². The smallest absolute Gasteiger partial charge is 0.310 e. The van der Waals surface area contributed by atoms with Gasteiger partial charge in [-0.05, 0) is 53.7 Å². The zero-order valence-electron chi connectivity index (χ0n) is 19.8. The van der Waals surface area contributed by atoms with Gasteiger partial charge in [0.15, 0.2) is 0 Å². The third-order valence-electron chi connectivity index (χ3n) is 5.73. The summed E-state index contributed by atoms with van der Waals surface area (Å²) in [7, 11) is 0. The van der Waals surface area contributed by atoms with Gasteiger partial charge in [0.1, 0.15) is 0 Å². The van der Waals surface area contributed by atoms with Gasteiger partial charge in [-0.25, -0.2) is 0 Å². The maximum Gasteiger partial charge on any atom is 0.310 e. The highest BCUT2D eigenvalue weighted by Crippen LogP contribution is 2.37. The van der Waals surface area contributed by atoms with Crippen LogP contribution >= 0.6 is 0 Å². The van der Waals surface area contributed by atoms with Crippen molar-refractivity contribution in [3.05, 3.63) is 34.9 Å². The summed E-state index contributed by atoms with van der Waals surface area (Å²) in [5.74, 6) is -1.59. The monoisotopic (exact) mass is 418 g/mol. The summed E-state index contributed by atoms with van der Waals surface area (Å²) in [5.41, 5.74) is 2.47. The van der Waals surface area contributed by atoms with E-state index in [1.807, 2.05) is 18.2 Å². The summed E-state index contributed by atoms with van der Waals surface area (Å²) in [6.45, 7) is 12.8. The van der Waals surface area contributed by atoms with Crippen LogP contribution in [-0.2, 0) is 16.0 Å². The van der Waals surface area contributed by atoms with Crippen molar-refractivity contribution in [2.75, 3.05) is 0 Å². The second-order valence-corrected chi connectivity index (χ2v) is 9.95. The molecule has 0 heterocycles. The molecule has 2 atom stereocenters. The van der Waals surface area contributed by atoms with E-state index in [4.69, 9.17) is 0 Å². The van der Waals surface area contributed by atoms with Gasteiger partial charge in [-0.15, -0.1) is 0 Å². The Labute approximate surface area is 183 Å². The van der Waals surface area contributed by atoms with Gasteiger partial charge in [0, 0.05) is 0 Å². The van der Waals surface area contributed by atoms with E-state index in [0.717, 1.165) is 43.2 Å². The molecule has 0 saturated carbocycles. The third kappa shape index (κ3) is 8.49. The van der Waals surface area contributed by atoms with Gasteiger partial charge in [0.2, 0.25) is 0 Å².